The van der Waals surface area contributed by atoms with Crippen LogP contribution in [0.2, 0.25) is 0 Å². The van der Waals surface area contributed by atoms with Crippen LogP contribution in [-0.2, 0) is 24.3 Å². The maximum atomic E-state index is 13.3. The van der Waals surface area contributed by atoms with Crippen molar-refractivity contribution in [3.8, 4) is 5.75 Å². The molecular weight excluding hydrogens is 402 g/mol. The number of hydrogen-bond donors (Lipinski definition) is 0. The van der Waals surface area contributed by atoms with E-state index in [0.717, 1.165) is 4.31 Å². The monoisotopic (exact) mass is 427 g/mol. The van der Waals surface area contributed by atoms with E-state index in [1.807, 2.05) is 0 Å². The molecule has 1 aliphatic carbocycles. The topological polar surface area (TPSA) is 90.0 Å². The first kappa shape index (κ1) is 22.4. The van der Waals surface area contributed by atoms with Crippen LogP contribution in [0.25, 0.3) is 0 Å². The molecule has 0 saturated heterocycles. The number of esters is 1. The first-order valence-corrected chi connectivity index (χ1v) is 10.8. The fourth-order valence-electron chi connectivity index (χ4n) is 2.92. The Kier molecular flexibility index (Phi) is 6.95. The first-order chi connectivity index (χ1) is 13.0. The molecule has 1 saturated carbocycles. The predicted molar refractivity (Wildman–Crippen MR) is 108 cm³/mol. The van der Waals surface area contributed by atoms with Gasteiger partial charge in [-0.1, -0.05) is 12.2 Å². The van der Waals surface area contributed by atoms with Gasteiger partial charge in [-0.25, -0.2) is 8.42 Å². The van der Waals surface area contributed by atoms with Crippen molar-refractivity contribution in [1.29, 1.82) is 0 Å². The van der Waals surface area contributed by atoms with Gasteiger partial charge < -0.3 is 9.47 Å². The number of benzene rings is 1. The highest BCUT2D eigenvalue weighted by atomic mass is 32.2. The lowest BCUT2D eigenvalue weighted by atomic mass is 9.94. The Bertz CT molecular complexity index is 855. The molecule has 0 spiro atoms. The number of sulfonamides is 1. The number of carbonyl (C=O) groups is 2. The number of hydrogen-bond acceptors (Lipinski definition) is 7. The van der Waals surface area contributed by atoms with E-state index >= 15 is 0 Å². The lowest BCUT2D eigenvalue weighted by Gasteiger charge is -2.32. The molecule has 0 bridgehead atoms. The minimum Gasteiger partial charge on any atom is -0.497 e. The van der Waals surface area contributed by atoms with Crippen LogP contribution >= 0.6 is 12.2 Å². The highest BCUT2D eigenvalue weighted by Crippen LogP contribution is 2.27. The second-order valence-electron chi connectivity index (χ2n) is 7.51. The van der Waals surface area contributed by atoms with E-state index < -0.39 is 40.0 Å². The molecule has 2 rings (SSSR count). The number of thiocarbonyl (C=S) groups is 1. The molecule has 0 heterocycles. The van der Waals surface area contributed by atoms with E-state index in [1.54, 1.807) is 20.8 Å². The maximum absolute atomic E-state index is 13.3. The molecule has 9 heteroatoms. The normalized spacial score (nSPS) is 18.2. The Hall–Kier alpha value is -1.84. The van der Waals surface area contributed by atoms with Crippen LogP contribution in [0.3, 0.4) is 0 Å². The van der Waals surface area contributed by atoms with Crippen LogP contribution in [-0.4, -0.2) is 54.6 Å². The number of nitrogens with zero attached hydrogens (tertiary/aromatic N) is 1. The van der Waals surface area contributed by atoms with Gasteiger partial charge in [-0.3, -0.25) is 9.59 Å². The van der Waals surface area contributed by atoms with Crippen molar-refractivity contribution < 1.29 is 27.5 Å². The second-order valence-corrected chi connectivity index (χ2v) is 9.89. The van der Waals surface area contributed by atoms with Crippen molar-refractivity contribution in [3.63, 3.8) is 0 Å². The van der Waals surface area contributed by atoms with Gasteiger partial charge in [-0.05, 0) is 64.3 Å². The molecule has 0 aromatic heterocycles. The number of ketones is 1. The maximum Gasteiger partial charge on any atom is 0.321 e. The largest absolute Gasteiger partial charge is 0.497 e. The highest BCUT2D eigenvalue weighted by molar-refractivity contribution is 7.89. The van der Waals surface area contributed by atoms with Gasteiger partial charge in [0.2, 0.25) is 10.0 Å². The number of rotatable bonds is 6. The van der Waals surface area contributed by atoms with E-state index in [9.17, 15) is 18.0 Å². The van der Waals surface area contributed by atoms with Gasteiger partial charge in [-0.15, -0.1) is 0 Å². The van der Waals surface area contributed by atoms with Gasteiger partial charge in [0.05, 0.1) is 22.9 Å². The Morgan fingerprint density at radius 1 is 1.25 bits per heavy atom. The summed E-state index contributed by atoms with van der Waals surface area (Å²) in [6.07, 6.45) is 1.34. The van der Waals surface area contributed by atoms with Gasteiger partial charge in [-0.2, -0.15) is 4.31 Å². The van der Waals surface area contributed by atoms with Crippen LogP contribution in [0.4, 0.5) is 0 Å². The molecule has 1 aliphatic rings. The molecule has 1 aromatic carbocycles. The Morgan fingerprint density at radius 3 is 2.39 bits per heavy atom. The van der Waals surface area contributed by atoms with E-state index in [1.165, 1.54) is 31.4 Å². The number of Topliss-reactive ketones (excluding diaryl/α,β-unsaturated/α-hetero) is 1. The Labute approximate surface area is 171 Å². The third-order valence-electron chi connectivity index (χ3n) is 4.18. The molecule has 28 heavy (non-hydrogen) atoms. The SMILES string of the molecule is COc1ccc(S(=O)(=O)N(CC(=O)OC(C)(C)C)C2CCCC(=S)C2=O)cc1. The van der Waals surface area contributed by atoms with Crippen molar-refractivity contribution in [2.24, 2.45) is 0 Å². The molecule has 1 unspecified atom stereocenters. The fourth-order valence-corrected chi connectivity index (χ4v) is 4.76. The van der Waals surface area contributed by atoms with Crippen LogP contribution in [0.5, 0.6) is 5.75 Å². The molecule has 0 N–H and O–H groups in total. The van der Waals surface area contributed by atoms with E-state index in [4.69, 9.17) is 21.7 Å². The lowest BCUT2D eigenvalue weighted by molar-refractivity contribution is -0.155. The zero-order valence-electron chi connectivity index (χ0n) is 16.4. The Balaban J connectivity index is 2.42. The average Bonchev–Trinajstić information content (AvgIpc) is 2.61. The molecule has 1 atom stereocenters. The summed E-state index contributed by atoms with van der Waals surface area (Å²) >= 11 is 5.09. The lowest BCUT2D eigenvalue weighted by Crippen LogP contribution is -2.51. The van der Waals surface area contributed by atoms with Gasteiger partial charge in [0.25, 0.3) is 0 Å². The fraction of sp³-hybridized carbons (Fsp3) is 0.526. The summed E-state index contributed by atoms with van der Waals surface area (Å²) in [4.78, 5) is 25.1. The van der Waals surface area contributed by atoms with Crippen molar-refractivity contribution in [1.82, 2.24) is 4.31 Å². The summed E-state index contributed by atoms with van der Waals surface area (Å²) in [6, 6.07) is 4.75. The third kappa shape index (κ3) is 5.36. The van der Waals surface area contributed by atoms with Crippen molar-refractivity contribution in [3.05, 3.63) is 24.3 Å². The van der Waals surface area contributed by atoms with Crippen LogP contribution < -0.4 is 4.74 Å². The zero-order chi connectivity index (χ0) is 21.1. The van der Waals surface area contributed by atoms with Gasteiger partial charge >= 0.3 is 5.97 Å². The minimum absolute atomic E-state index is 0.0406. The van der Waals surface area contributed by atoms with Crippen LogP contribution in [0.1, 0.15) is 40.0 Å². The second kappa shape index (κ2) is 8.67. The summed E-state index contributed by atoms with van der Waals surface area (Å²) < 4.78 is 37.8. The van der Waals surface area contributed by atoms with Gasteiger partial charge in [0.15, 0.2) is 5.78 Å². The molecule has 7 nitrogen and oxygen atoms in total. The molecule has 0 aliphatic heterocycles. The minimum atomic E-state index is -4.14. The van der Waals surface area contributed by atoms with E-state index in [2.05, 4.69) is 0 Å². The number of methoxy groups -OCH3 is 1. The van der Waals surface area contributed by atoms with E-state index in [-0.39, 0.29) is 9.76 Å². The van der Waals surface area contributed by atoms with Crippen molar-refractivity contribution >= 4 is 38.9 Å². The highest BCUT2D eigenvalue weighted by Gasteiger charge is 2.40. The summed E-state index contributed by atoms with van der Waals surface area (Å²) in [6.45, 7) is 4.50. The zero-order valence-corrected chi connectivity index (χ0v) is 18.1. The quantitative estimate of drug-likeness (QED) is 0.509. The number of carbonyl (C=O) groups excluding carboxylic acids is 2. The van der Waals surface area contributed by atoms with Crippen molar-refractivity contribution in [2.75, 3.05) is 13.7 Å². The molecule has 1 aromatic rings. The molecule has 0 amide bonds. The molecule has 1 fully saturated rings. The molecular formula is C19H25NO6S2. The predicted octanol–water partition coefficient (Wildman–Crippen LogP) is 2.52. The Morgan fingerprint density at radius 2 is 1.86 bits per heavy atom. The van der Waals surface area contributed by atoms with Crippen LogP contribution in [0.15, 0.2) is 29.2 Å². The smallest absolute Gasteiger partial charge is 0.321 e. The third-order valence-corrected chi connectivity index (χ3v) is 6.45. The summed E-state index contributed by atoms with van der Waals surface area (Å²) in [5.41, 5.74) is -0.779. The van der Waals surface area contributed by atoms with Gasteiger partial charge in [0, 0.05) is 0 Å². The molecule has 154 valence electrons. The number of ether oxygens (including phenoxy) is 2. The van der Waals surface area contributed by atoms with Crippen molar-refractivity contribution in [2.45, 2.75) is 56.6 Å². The first-order valence-electron chi connectivity index (χ1n) is 8.90. The summed E-state index contributed by atoms with van der Waals surface area (Å²) in [5.74, 6) is -0.664. The van der Waals surface area contributed by atoms with E-state index in [0.29, 0.717) is 25.0 Å². The summed E-state index contributed by atoms with van der Waals surface area (Å²) in [7, 11) is -2.66. The van der Waals surface area contributed by atoms with Gasteiger partial charge in [0.1, 0.15) is 17.9 Å². The summed E-state index contributed by atoms with van der Waals surface area (Å²) in [5, 5.41) is 0. The molecule has 0 radical (unpaired) electrons. The standard InChI is InChI=1S/C19H25NO6S2/c1-19(2,3)26-17(21)12-20(15-6-5-7-16(27)18(15)22)28(23,24)14-10-8-13(25-4)9-11-14/h8-11,15H,5-7,12H2,1-4H3. The average molecular weight is 428 g/mol. The van der Waals surface area contributed by atoms with Crippen LogP contribution in [0, 0.1) is 0 Å².